The molecule has 0 saturated carbocycles. The maximum absolute atomic E-state index is 10.5. The fraction of sp³-hybridized carbons (Fsp3) is 0.333. The Morgan fingerprint density at radius 3 is 2.92 bits per heavy atom. The van der Waals surface area contributed by atoms with Crippen LogP contribution in [0.4, 0.5) is 0 Å². The molecule has 0 aromatic carbocycles. The molecule has 3 N–H and O–H groups in total. The number of carbonyl (C=O) groups excluding carboxylic acids is 1. The van der Waals surface area contributed by atoms with Gasteiger partial charge in [-0.15, -0.1) is 24.0 Å². The largest absolute Gasteiger partial charge is 0.348 e. The van der Waals surface area contributed by atoms with Crippen LogP contribution in [0.15, 0.2) is 12.5 Å². The smallest absolute Gasteiger partial charge is 0.238 e. The second-order valence-electron chi connectivity index (χ2n) is 2.19. The number of nitrogens with one attached hydrogen (secondary N) is 1. The van der Waals surface area contributed by atoms with E-state index in [-0.39, 0.29) is 24.0 Å². The zero-order valence-corrected chi connectivity index (χ0v) is 9.24. The van der Waals surface area contributed by atoms with Gasteiger partial charge in [-0.3, -0.25) is 4.79 Å². The summed E-state index contributed by atoms with van der Waals surface area (Å²) in [5.74, 6) is 0. The van der Waals surface area contributed by atoms with Crippen molar-refractivity contribution in [3.63, 3.8) is 0 Å². The van der Waals surface area contributed by atoms with Gasteiger partial charge in [0.2, 0.25) is 5.24 Å². The van der Waals surface area contributed by atoms with Gasteiger partial charge in [0, 0.05) is 18.3 Å². The zero-order chi connectivity index (χ0) is 8.27. The number of hydrogen-bond donors (Lipinski definition) is 2. The van der Waals surface area contributed by atoms with Gasteiger partial charge < -0.3 is 10.7 Å². The molecule has 6 heteroatoms. The lowest BCUT2D eigenvalue weighted by Crippen LogP contribution is -2.29. The molecule has 0 spiro atoms. The van der Waals surface area contributed by atoms with E-state index in [1.807, 2.05) is 0 Å². The average Bonchev–Trinajstić information content (AvgIpc) is 2.39. The number of hydrogen-bond acceptors (Lipinski definition) is 3. The monoisotopic (exact) mass is 301 g/mol. The Balaban J connectivity index is 0.00000121. The van der Waals surface area contributed by atoms with Crippen molar-refractivity contribution in [1.29, 1.82) is 0 Å². The molecule has 0 aliphatic heterocycles. The topological polar surface area (TPSA) is 71.8 Å². The van der Waals surface area contributed by atoms with Gasteiger partial charge in [0.05, 0.1) is 12.4 Å². The highest BCUT2D eigenvalue weighted by Crippen LogP contribution is 1.98. The lowest BCUT2D eigenvalue weighted by Gasteiger charge is -2.02. The Morgan fingerprint density at radius 1 is 1.83 bits per heavy atom. The molecule has 0 bridgehead atoms. The molecule has 0 unspecified atom stereocenters. The van der Waals surface area contributed by atoms with Crippen molar-refractivity contribution in [2.75, 3.05) is 0 Å². The van der Waals surface area contributed by atoms with Crippen LogP contribution in [0.25, 0.3) is 0 Å². The van der Waals surface area contributed by atoms with Crippen molar-refractivity contribution in [2.24, 2.45) is 5.73 Å². The lowest BCUT2D eigenvalue weighted by molar-refractivity contribution is -0.112. The fourth-order valence-electron chi connectivity index (χ4n) is 0.713. The van der Waals surface area contributed by atoms with Crippen LogP contribution >= 0.6 is 35.6 Å². The van der Waals surface area contributed by atoms with E-state index in [4.69, 9.17) is 17.3 Å². The number of halogens is 2. The SMILES string of the molecule is I.N[C@@H](Cc1cnc[nH]1)C(=O)Cl. The predicted molar refractivity (Wildman–Crippen MR) is 56.5 cm³/mol. The first-order chi connectivity index (χ1) is 5.20. The number of aromatic amines is 1. The number of H-pyrrole nitrogens is 1. The normalized spacial score (nSPS) is 11.8. The van der Waals surface area contributed by atoms with E-state index in [9.17, 15) is 4.79 Å². The first kappa shape index (κ1) is 11.9. The molecule has 0 radical (unpaired) electrons. The van der Waals surface area contributed by atoms with Crippen LogP contribution in [0.3, 0.4) is 0 Å². The van der Waals surface area contributed by atoms with Crippen molar-refractivity contribution in [1.82, 2.24) is 9.97 Å². The van der Waals surface area contributed by atoms with E-state index in [1.165, 1.54) is 6.33 Å². The minimum atomic E-state index is -0.642. The van der Waals surface area contributed by atoms with Crippen LogP contribution in [0, 0.1) is 0 Å². The standard InChI is InChI=1S/C6H8ClN3O.HI/c7-6(11)5(8)1-4-2-9-3-10-4;/h2-3,5H,1,8H2,(H,9,10);1H/t5-;/m0./s1. The maximum atomic E-state index is 10.5. The number of aromatic nitrogens is 2. The Morgan fingerprint density at radius 2 is 2.50 bits per heavy atom. The summed E-state index contributed by atoms with van der Waals surface area (Å²) >= 11 is 5.15. The number of rotatable bonds is 3. The Labute approximate surface area is 91.9 Å². The van der Waals surface area contributed by atoms with Gasteiger partial charge >= 0.3 is 0 Å². The Hall–Kier alpha value is -0.140. The summed E-state index contributed by atoms with van der Waals surface area (Å²) in [6, 6.07) is -0.642. The quantitative estimate of drug-likeness (QED) is 0.636. The number of imidazole rings is 1. The summed E-state index contributed by atoms with van der Waals surface area (Å²) in [4.78, 5) is 17.1. The van der Waals surface area contributed by atoms with E-state index in [1.54, 1.807) is 6.20 Å². The Kier molecular flexibility index (Phi) is 5.43. The number of nitrogens with zero attached hydrogens (tertiary/aromatic N) is 1. The third kappa shape index (κ3) is 3.51. The van der Waals surface area contributed by atoms with Gasteiger partial charge in [-0.05, 0) is 11.6 Å². The molecule has 0 aliphatic carbocycles. The molecule has 68 valence electrons. The van der Waals surface area contributed by atoms with Gasteiger partial charge in [-0.1, -0.05) is 0 Å². The van der Waals surface area contributed by atoms with Crippen molar-refractivity contribution in [3.8, 4) is 0 Å². The third-order valence-electron chi connectivity index (χ3n) is 1.29. The zero-order valence-electron chi connectivity index (χ0n) is 6.16. The fourth-order valence-corrected chi connectivity index (χ4v) is 0.791. The summed E-state index contributed by atoms with van der Waals surface area (Å²) in [6.45, 7) is 0. The molecule has 0 fully saturated rings. The summed E-state index contributed by atoms with van der Waals surface area (Å²) in [6.07, 6.45) is 3.54. The van der Waals surface area contributed by atoms with E-state index >= 15 is 0 Å². The maximum Gasteiger partial charge on any atom is 0.238 e. The molecule has 12 heavy (non-hydrogen) atoms. The Bertz CT molecular complexity index is 239. The van der Waals surface area contributed by atoms with Crippen molar-refractivity contribution >= 4 is 40.8 Å². The summed E-state index contributed by atoms with van der Waals surface area (Å²) in [5, 5.41) is -0.528. The molecule has 0 saturated heterocycles. The highest BCUT2D eigenvalue weighted by atomic mass is 127. The molecule has 1 rings (SSSR count). The van der Waals surface area contributed by atoms with Crippen LogP contribution < -0.4 is 5.73 Å². The van der Waals surface area contributed by atoms with Crippen LogP contribution in [0.5, 0.6) is 0 Å². The van der Waals surface area contributed by atoms with Gasteiger partial charge in [-0.2, -0.15) is 0 Å². The average molecular weight is 302 g/mol. The molecular weight excluding hydrogens is 292 g/mol. The van der Waals surface area contributed by atoms with Gasteiger partial charge in [0.25, 0.3) is 0 Å². The predicted octanol–water partition coefficient (Wildman–Crippen LogP) is 0.663. The summed E-state index contributed by atoms with van der Waals surface area (Å²) in [5.41, 5.74) is 6.19. The second kappa shape index (κ2) is 5.50. The van der Waals surface area contributed by atoms with Crippen molar-refractivity contribution < 1.29 is 4.79 Å². The van der Waals surface area contributed by atoms with Crippen molar-refractivity contribution in [2.45, 2.75) is 12.5 Å². The number of nitrogens with two attached hydrogens (primary N) is 1. The minimum absolute atomic E-state index is 0. The number of carbonyl (C=O) groups is 1. The van der Waals surface area contributed by atoms with Gasteiger partial charge in [0.1, 0.15) is 0 Å². The lowest BCUT2D eigenvalue weighted by atomic mass is 10.2. The van der Waals surface area contributed by atoms with Crippen LogP contribution in [-0.4, -0.2) is 21.3 Å². The van der Waals surface area contributed by atoms with E-state index in [0.717, 1.165) is 5.69 Å². The molecule has 0 aliphatic rings. The molecule has 1 heterocycles. The van der Waals surface area contributed by atoms with Crippen LogP contribution in [-0.2, 0) is 11.2 Å². The van der Waals surface area contributed by atoms with Crippen LogP contribution in [0.1, 0.15) is 5.69 Å². The van der Waals surface area contributed by atoms with Gasteiger partial charge in [0.15, 0.2) is 0 Å². The molecule has 1 aromatic heterocycles. The van der Waals surface area contributed by atoms with Gasteiger partial charge in [-0.25, -0.2) is 4.98 Å². The van der Waals surface area contributed by atoms with E-state index in [2.05, 4.69) is 9.97 Å². The molecular formula is C6H9ClIN3O. The highest BCUT2D eigenvalue weighted by Gasteiger charge is 2.11. The minimum Gasteiger partial charge on any atom is -0.348 e. The summed E-state index contributed by atoms with van der Waals surface area (Å²) in [7, 11) is 0. The van der Waals surface area contributed by atoms with Crippen molar-refractivity contribution in [3.05, 3.63) is 18.2 Å². The third-order valence-corrected chi connectivity index (χ3v) is 1.57. The summed E-state index contributed by atoms with van der Waals surface area (Å²) < 4.78 is 0. The first-order valence-electron chi connectivity index (χ1n) is 3.12. The van der Waals surface area contributed by atoms with E-state index < -0.39 is 11.3 Å². The molecule has 4 nitrogen and oxygen atoms in total. The molecule has 1 atom stereocenters. The second-order valence-corrected chi connectivity index (χ2v) is 2.56. The van der Waals surface area contributed by atoms with Crippen LogP contribution in [0.2, 0.25) is 0 Å². The molecule has 1 aromatic rings. The first-order valence-corrected chi connectivity index (χ1v) is 3.50. The van der Waals surface area contributed by atoms with E-state index in [0.29, 0.717) is 6.42 Å². The molecule has 0 amide bonds. The highest BCUT2D eigenvalue weighted by molar-refractivity contribution is 14.0.